The van der Waals surface area contributed by atoms with Gasteiger partial charge in [-0.1, -0.05) is 23.7 Å². The number of aryl methyl sites for hydroxylation is 1. The van der Waals surface area contributed by atoms with Gasteiger partial charge in [0.1, 0.15) is 6.54 Å². The molecule has 0 saturated heterocycles. The molecule has 1 heterocycles. The zero-order chi connectivity index (χ0) is 25.5. The van der Waals surface area contributed by atoms with Crippen molar-refractivity contribution in [3.05, 3.63) is 81.6 Å². The van der Waals surface area contributed by atoms with Crippen LogP contribution in [0.4, 0.5) is 0 Å². The SMILES string of the molecule is COC(=O)CCc1c(C)nn(-c2ccc(C(=O)N(CC(=O)OC)Cc3ccc(Cl)cc3)cc2)c1C. The normalized spacial score (nSPS) is 10.7. The molecule has 0 N–H and O–H groups in total. The molecule has 1 aromatic heterocycles. The number of carbonyl (C=O) groups excluding carboxylic acids is 3. The Hall–Kier alpha value is -3.65. The number of aromatic nitrogens is 2. The molecular formula is C26H28ClN3O5. The molecule has 2 aromatic carbocycles. The van der Waals surface area contributed by atoms with Crippen LogP contribution in [0.2, 0.25) is 5.02 Å². The van der Waals surface area contributed by atoms with Crippen LogP contribution < -0.4 is 0 Å². The Bertz CT molecular complexity index is 1200. The maximum atomic E-state index is 13.2. The Kier molecular flexibility index (Phi) is 8.65. The molecule has 0 unspecified atom stereocenters. The second-order valence-corrected chi connectivity index (χ2v) is 8.48. The highest BCUT2D eigenvalue weighted by Crippen LogP contribution is 2.21. The first-order valence-corrected chi connectivity index (χ1v) is 11.4. The Labute approximate surface area is 209 Å². The van der Waals surface area contributed by atoms with E-state index in [1.165, 1.54) is 19.1 Å². The number of rotatable bonds is 9. The summed E-state index contributed by atoms with van der Waals surface area (Å²) in [6, 6.07) is 14.1. The third kappa shape index (κ3) is 6.48. The van der Waals surface area contributed by atoms with Gasteiger partial charge in [0, 0.05) is 29.2 Å². The van der Waals surface area contributed by atoms with Crippen LogP contribution in [-0.4, -0.2) is 53.3 Å². The van der Waals surface area contributed by atoms with E-state index in [2.05, 4.69) is 5.10 Å². The van der Waals surface area contributed by atoms with Gasteiger partial charge in [-0.15, -0.1) is 0 Å². The lowest BCUT2D eigenvalue weighted by Gasteiger charge is -2.22. The van der Waals surface area contributed by atoms with E-state index >= 15 is 0 Å². The number of amides is 1. The van der Waals surface area contributed by atoms with Gasteiger partial charge in [-0.3, -0.25) is 14.4 Å². The Morgan fingerprint density at radius 2 is 1.57 bits per heavy atom. The highest BCUT2D eigenvalue weighted by molar-refractivity contribution is 6.30. The zero-order valence-electron chi connectivity index (χ0n) is 20.2. The van der Waals surface area contributed by atoms with Gasteiger partial charge in [0.2, 0.25) is 0 Å². The number of methoxy groups -OCH3 is 2. The predicted molar refractivity (Wildman–Crippen MR) is 132 cm³/mol. The maximum absolute atomic E-state index is 13.2. The highest BCUT2D eigenvalue weighted by Gasteiger charge is 2.21. The topological polar surface area (TPSA) is 90.7 Å². The molecule has 0 spiro atoms. The van der Waals surface area contributed by atoms with E-state index < -0.39 is 5.97 Å². The number of ether oxygens (including phenoxy) is 2. The monoisotopic (exact) mass is 497 g/mol. The summed E-state index contributed by atoms with van der Waals surface area (Å²) >= 11 is 5.96. The van der Waals surface area contributed by atoms with Crippen LogP contribution in [-0.2, 0) is 32.0 Å². The molecule has 1 amide bonds. The van der Waals surface area contributed by atoms with Crippen LogP contribution in [0.5, 0.6) is 0 Å². The quantitative estimate of drug-likeness (QED) is 0.414. The predicted octanol–water partition coefficient (Wildman–Crippen LogP) is 4.06. The first-order chi connectivity index (χ1) is 16.7. The minimum Gasteiger partial charge on any atom is -0.469 e. The lowest BCUT2D eigenvalue weighted by molar-refractivity contribution is -0.142. The second kappa shape index (κ2) is 11.7. The summed E-state index contributed by atoms with van der Waals surface area (Å²) in [4.78, 5) is 38.2. The van der Waals surface area contributed by atoms with Crippen LogP contribution in [0.25, 0.3) is 5.69 Å². The molecule has 0 radical (unpaired) electrons. The fourth-order valence-corrected chi connectivity index (χ4v) is 3.90. The molecule has 0 atom stereocenters. The first kappa shape index (κ1) is 26.0. The molecule has 0 aliphatic carbocycles. The average Bonchev–Trinajstić information content (AvgIpc) is 3.15. The molecule has 0 aliphatic heterocycles. The highest BCUT2D eigenvalue weighted by atomic mass is 35.5. The number of esters is 2. The van der Waals surface area contributed by atoms with Crippen molar-refractivity contribution >= 4 is 29.4 Å². The molecular weight excluding hydrogens is 470 g/mol. The number of halogens is 1. The summed E-state index contributed by atoms with van der Waals surface area (Å²) in [5.41, 5.74) is 4.79. The summed E-state index contributed by atoms with van der Waals surface area (Å²) in [6.45, 7) is 3.89. The standard InChI is InChI=1S/C26H28ClN3O5/c1-17-23(13-14-24(31)34-3)18(2)30(28-17)22-11-7-20(8-12-22)26(33)29(16-25(32)35-4)15-19-5-9-21(27)10-6-19/h5-12H,13-16H2,1-4H3. The van der Waals surface area contributed by atoms with E-state index in [9.17, 15) is 14.4 Å². The van der Waals surface area contributed by atoms with Gasteiger partial charge < -0.3 is 14.4 Å². The molecule has 0 bridgehead atoms. The van der Waals surface area contributed by atoms with Crippen molar-refractivity contribution < 1.29 is 23.9 Å². The minimum absolute atomic E-state index is 0.180. The lowest BCUT2D eigenvalue weighted by atomic mass is 10.1. The summed E-state index contributed by atoms with van der Waals surface area (Å²) in [6.07, 6.45) is 0.815. The fraction of sp³-hybridized carbons (Fsp3) is 0.308. The largest absolute Gasteiger partial charge is 0.469 e. The van der Waals surface area contributed by atoms with Gasteiger partial charge >= 0.3 is 11.9 Å². The Balaban J connectivity index is 1.81. The number of hydrogen-bond acceptors (Lipinski definition) is 6. The van der Waals surface area contributed by atoms with E-state index in [1.807, 2.05) is 26.0 Å². The molecule has 9 heteroatoms. The van der Waals surface area contributed by atoms with E-state index in [0.717, 1.165) is 28.2 Å². The number of hydrogen-bond donors (Lipinski definition) is 0. The summed E-state index contributed by atoms with van der Waals surface area (Å²) < 4.78 is 11.3. The number of carbonyl (C=O) groups is 3. The molecule has 184 valence electrons. The van der Waals surface area contributed by atoms with Crippen molar-refractivity contribution in [2.75, 3.05) is 20.8 Å². The summed E-state index contributed by atoms with van der Waals surface area (Å²) in [5.74, 6) is -1.08. The average molecular weight is 498 g/mol. The molecule has 0 aliphatic rings. The van der Waals surface area contributed by atoms with Crippen molar-refractivity contribution in [2.24, 2.45) is 0 Å². The van der Waals surface area contributed by atoms with Gasteiger partial charge in [-0.05, 0) is 67.8 Å². The molecule has 0 fully saturated rings. The van der Waals surface area contributed by atoms with E-state index in [-0.39, 0.29) is 31.4 Å². The Morgan fingerprint density at radius 1 is 0.943 bits per heavy atom. The molecule has 3 rings (SSSR count). The number of nitrogens with zero attached hydrogens (tertiary/aromatic N) is 3. The van der Waals surface area contributed by atoms with Gasteiger partial charge in [0.25, 0.3) is 5.91 Å². The molecule has 3 aromatic rings. The van der Waals surface area contributed by atoms with Crippen LogP contribution in [0, 0.1) is 13.8 Å². The second-order valence-electron chi connectivity index (χ2n) is 8.05. The summed E-state index contributed by atoms with van der Waals surface area (Å²) in [5, 5.41) is 5.19. The maximum Gasteiger partial charge on any atom is 0.325 e. The Morgan fingerprint density at radius 3 is 2.17 bits per heavy atom. The third-order valence-corrected chi connectivity index (χ3v) is 5.98. The van der Waals surface area contributed by atoms with Crippen LogP contribution in [0.15, 0.2) is 48.5 Å². The van der Waals surface area contributed by atoms with Crippen molar-refractivity contribution in [3.63, 3.8) is 0 Å². The van der Waals surface area contributed by atoms with Gasteiger partial charge in [0.05, 0.1) is 25.6 Å². The van der Waals surface area contributed by atoms with Gasteiger partial charge in [-0.25, -0.2) is 4.68 Å². The minimum atomic E-state index is -0.508. The van der Waals surface area contributed by atoms with E-state index in [4.69, 9.17) is 21.1 Å². The summed E-state index contributed by atoms with van der Waals surface area (Å²) in [7, 11) is 2.66. The van der Waals surface area contributed by atoms with Crippen molar-refractivity contribution in [1.29, 1.82) is 0 Å². The zero-order valence-corrected chi connectivity index (χ0v) is 21.0. The molecule has 0 saturated carbocycles. The first-order valence-electron chi connectivity index (χ1n) is 11.1. The fourth-order valence-electron chi connectivity index (χ4n) is 3.78. The third-order valence-electron chi connectivity index (χ3n) is 5.73. The molecule has 35 heavy (non-hydrogen) atoms. The van der Waals surface area contributed by atoms with E-state index in [0.29, 0.717) is 17.0 Å². The van der Waals surface area contributed by atoms with Crippen LogP contribution in [0.3, 0.4) is 0 Å². The van der Waals surface area contributed by atoms with E-state index in [1.54, 1.807) is 41.1 Å². The van der Waals surface area contributed by atoms with Crippen molar-refractivity contribution in [2.45, 2.75) is 33.2 Å². The number of benzene rings is 2. The van der Waals surface area contributed by atoms with Crippen molar-refractivity contribution in [1.82, 2.24) is 14.7 Å². The van der Waals surface area contributed by atoms with Gasteiger partial charge in [-0.2, -0.15) is 5.10 Å². The van der Waals surface area contributed by atoms with Gasteiger partial charge in [0.15, 0.2) is 0 Å². The van der Waals surface area contributed by atoms with Crippen molar-refractivity contribution in [3.8, 4) is 5.69 Å². The smallest absolute Gasteiger partial charge is 0.325 e. The van der Waals surface area contributed by atoms with Crippen LogP contribution in [0.1, 0.15) is 39.3 Å². The van der Waals surface area contributed by atoms with Crippen LogP contribution >= 0.6 is 11.6 Å². The molecule has 8 nitrogen and oxygen atoms in total. The lowest BCUT2D eigenvalue weighted by Crippen LogP contribution is -2.35.